The number of anilines is 1. The highest BCUT2D eigenvalue weighted by molar-refractivity contribution is 6.30. The first-order chi connectivity index (χ1) is 13.1. The summed E-state index contributed by atoms with van der Waals surface area (Å²) in [6.45, 7) is 4.78. The van der Waals surface area contributed by atoms with Gasteiger partial charge in [0.1, 0.15) is 11.3 Å². The van der Waals surface area contributed by atoms with Crippen molar-refractivity contribution in [2.45, 2.75) is 6.92 Å². The Kier molecular flexibility index (Phi) is 4.70. The third kappa shape index (κ3) is 3.35. The number of benzene rings is 2. The van der Waals surface area contributed by atoms with Crippen LogP contribution in [-0.2, 0) is 0 Å². The molecule has 0 atom stereocenters. The zero-order valence-corrected chi connectivity index (χ0v) is 16.1. The van der Waals surface area contributed by atoms with E-state index in [9.17, 15) is 4.79 Å². The summed E-state index contributed by atoms with van der Waals surface area (Å²) < 4.78 is 11.1. The molecule has 1 fully saturated rings. The van der Waals surface area contributed by atoms with Gasteiger partial charge in [-0.2, -0.15) is 0 Å². The molecular weight excluding hydrogens is 364 g/mol. The van der Waals surface area contributed by atoms with Crippen LogP contribution in [0.5, 0.6) is 5.75 Å². The van der Waals surface area contributed by atoms with Crippen LogP contribution >= 0.6 is 11.6 Å². The number of hydrogen-bond acceptors (Lipinski definition) is 4. The maximum absolute atomic E-state index is 13.0. The van der Waals surface area contributed by atoms with E-state index in [1.807, 2.05) is 54.3 Å². The van der Waals surface area contributed by atoms with Crippen LogP contribution in [0.25, 0.3) is 11.0 Å². The van der Waals surface area contributed by atoms with Crippen LogP contribution in [0.4, 0.5) is 5.69 Å². The lowest BCUT2D eigenvalue weighted by Crippen LogP contribution is -2.48. The highest BCUT2D eigenvalue weighted by Crippen LogP contribution is 2.30. The van der Waals surface area contributed by atoms with Crippen molar-refractivity contribution in [3.63, 3.8) is 0 Å². The molecule has 2 heterocycles. The van der Waals surface area contributed by atoms with Crippen molar-refractivity contribution < 1.29 is 13.9 Å². The molecule has 0 spiro atoms. The van der Waals surface area contributed by atoms with E-state index in [1.54, 1.807) is 7.11 Å². The molecule has 0 unspecified atom stereocenters. The van der Waals surface area contributed by atoms with Gasteiger partial charge in [0.2, 0.25) is 0 Å². The molecule has 1 amide bonds. The maximum atomic E-state index is 13.0. The molecule has 1 aromatic heterocycles. The predicted octanol–water partition coefficient (Wildman–Crippen LogP) is 4.37. The average Bonchev–Trinajstić information content (AvgIpc) is 3.04. The number of hydrogen-bond donors (Lipinski definition) is 0. The molecule has 0 N–H and O–H groups in total. The Bertz CT molecular complexity index is 973. The number of carbonyl (C=O) groups excluding carboxylic acids is 1. The van der Waals surface area contributed by atoms with Crippen LogP contribution in [0.2, 0.25) is 5.02 Å². The number of amides is 1. The number of methoxy groups -OCH3 is 1. The van der Waals surface area contributed by atoms with Gasteiger partial charge in [0.15, 0.2) is 5.76 Å². The van der Waals surface area contributed by atoms with Gasteiger partial charge in [0.05, 0.1) is 7.11 Å². The van der Waals surface area contributed by atoms with E-state index >= 15 is 0 Å². The summed E-state index contributed by atoms with van der Waals surface area (Å²) in [5, 5.41) is 1.64. The van der Waals surface area contributed by atoms with Gasteiger partial charge in [-0.15, -0.1) is 0 Å². The zero-order chi connectivity index (χ0) is 19.0. The van der Waals surface area contributed by atoms with Crippen molar-refractivity contribution in [3.05, 3.63) is 58.8 Å². The minimum atomic E-state index is -0.0570. The monoisotopic (exact) mass is 384 g/mol. The molecule has 4 rings (SSSR count). The summed E-state index contributed by atoms with van der Waals surface area (Å²) in [6, 6.07) is 13.4. The van der Waals surface area contributed by atoms with Crippen LogP contribution in [-0.4, -0.2) is 44.1 Å². The lowest BCUT2D eigenvalue weighted by Gasteiger charge is -2.35. The van der Waals surface area contributed by atoms with Gasteiger partial charge in [-0.05, 0) is 49.4 Å². The molecular formula is C21H21ClN2O3. The molecule has 1 aliphatic heterocycles. The first kappa shape index (κ1) is 17.7. The van der Waals surface area contributed by atoms with Crippen molar-refractivity contribution in [3.8, 4) is 5.75 Å². The molecule has 3 aromatic rings. The molecule has 5 nitrogen and oxygen atoms in total. The van der Waals surface area contributed by atoms with Gasteiger partial charge >= 0.3 is 0 Å². The van der Waals surface area contributed by atoms with E-state index in [-0.39, 0.29) is 5.91 Å². The number of furan rings is 1. The minimum Gasteiger partial charge on any atom is -0.497 e. The molecule has 0 radical (unpaired) electrons. The summed E-state index contributed by atoms with van der Waals surface area (Å²) >= 11 is 5.96. The number of halogens is 1. The topological polar surface area (TPSA) is 45.9 Å². The third-order valence-electron chi connectivity index (χ3n) is 5.10. The normalized spacial score (nSPS) is 14.6. The van der Waals surface area contributed by atoms with Crippen LogP contribution in [0.3, 0.4) is 0 Å². The highest BCUT2D eigenvalue weighted by atomic mass is 35.5. The third-order valence-corrected chi connectivity index (χ3v) is 5.35. The van der Waals surface area contributed by atoms with Gasteiger partial charge < -0.3 is 19.0 Å². The Labute approximate surface area is 163 Å². The molecule has 27 heavy (non-hydrogen) atoms. The van der Waals surface area contributed by atoms with Crippen molar-refractivity contribution in [1.82, 2.24) is 4.90 Å². The average molecular weight is 385 g/mol. The summed E-state index contributed by atoms with van der Waals surface area (Å²) in [5.74, 6) is 1.11. The number of piperazine rings is 1. The summed E-state index contributed by atoms with van der Waals surface area (Å²) in [5.41, 5.74) is 2.68. The van der Waals surface area contributed by atoms with Crippen molar-refractivity contribution in [1.29, 1.82) is 0 Å². The number of nitrogens with zero attached hydrogens (tertiary/aromatic N) is 2. The largest absolute Gasteiger partial charge is 0.497 e. The first-order valence-electron chi connectivity index (χ1n) is 8.94. The van der Waals surface area contributed by atoms with E-state index in [4.69, 9.17) is 20.8 Å². The van der Waals surface area contributed by atoms with Crippen molar-refractivity contribution >= 4 is 34.2 Å². The summed E-state index contributed by atoms with van der Waals surface area (Å²) in [6.07, 6.45) is 0. The Morgan fingerprint density at radius 3 is 2.44 bits per heavy atom. The fourth-order valence-corrected chi connectivity index (χ4v) is 3.62. The first-order valence-corrected chi connectivity index (χ1v) is 9.31. The van der Waals surface area contributed by atoms with E-state index < -0.39 is 0 Å². The fourth-order valence-electron chi connectivity index (χ4n) is 3.49. The molecule has 0 saturated carbocycles. The molecule has 0 aliphatic carbocycles. The van der Waals surface area contributed by atoms with Crippen LogP contribution in [0, 0.1) is 6.92 Å². The van der Waals surface area contributed by atoms with Gasteiger partial charge in [-0.1, -0.05) is 11.6 Å². The predicted molar refractivity (Wildman–Crippen MR) is 107 cm³/mol. The second kappa shape index (κ2) is 7.16. The molecule has 2 aromatic carbocycles. The Hall–Kier alpha value is -2.66. The number of carbonyl (C=O) groups is 1. The molecule has 0 bridgehead atoms. The van der Waals surface area contributed by atoms with Crippen molar-refractivity contribution in [2.24, 2.45) is 0 Å². The molecule has 1 saturated heterocycles. The van der Waals surface area contributed by atoms with Gasteiger partial charge in [-0.25, -0.2) is 0 Å². The van der Waals surface area contributed by atoms with Gasteiger partial charge in [0, 0.05) is 47.8 Å². The van der Waals surface area contributed by atoms with Gasteiger partial charge in [0.25, 0.3) is 5.91 Å². The smallest absolute Gasteiger partial charge is 0.290 e. The molecule has 6 heteroatoms. The number of fused-ring (bicyclic) bond motifs is 1. The van der Waals surface area contributed by atoms with Gasteiger partial charge in [-0.3, -0.25) is 4.79 Å². The fraction of sp³-hybridized carbons (Fsp3) is 0.286. The van der Waals surface area contributed by atoms with E-state index in [0.717, 1.165) is 40.5 Å². The minimum absolute atomic E-state index is 0.0570. The Balaban J connectivity index is 1.50. The second-order valence-corrected chi connectivity index (χ2v) is 7.11. The van der Waals surface area contributed by atoms with Crippen LogP contribution in [0.15, 0.2) is 46.9 Å². The number of aryl methyl sites for hydroxylation is 1. The standard InChI is InChI=1S/C21H21ClN2O3/c1-14-18-13-17(26-2)7-8-19(18)27-20(14)21(25)24-11-9-23(10-12-24)16-5-3-15(22)4-6-16/h3-8,13H,9-12H2,1-2H3. The Morgan fingerprint density at radius 1 is 1.07 bits per heavy atom. The quantitative estimate of drug-likeness (QED) is 0.672. The van der Waals surface area contributed by atoms with Crippen LogP contribution in [0.1, 0.15) is 16.1 Å². The van der Waals surface area contributed by atoms with E-state index in [2.05, 4.69) is 4.90 Å². The number of ether oxygens (including phenoxy) is 1. The maximum Gasteiger partial charge on any atom is 0.290 e. The lowest BCUT2D eigenvalue weighted by atomic mass is 10.1. The Morgan fingerprint density at radius 2 is 1.78 bits per heavy atom. The van der Waals surface area contributed by atoms with E-state index in [1.165, 1.54) is 0 Å². The second-order valence-electron chi connectivity index (χ2n) is 6.67. The lowest BCUT2D eigenvalue weighted by molar-refractivity contribution is 0.0716. The summed E-state index contributed by atoms with van der Waals surface area (Å²) in [4.78, 5) is 17.1. The molecule has 1 aliphatic rings. The van der Waals surface area contributed by atoms with Crippen LogP contribution < -0.4 is 9.64 Å². The molecule has 140 valence electrons. The number of rotatable bonds is 3. The zero-order valence-electron chi connectivity index (χ0n) is 15.4. The highest BCUT2D eigenvalue weighted by Gasteiger charge is 2.27. The van der Waals surface area contributed by atoms with E-state index in [0.29, 0.717) is 24.4 Å². The summed E-state index contributed by atoms with van der Waals surface area (Å²) in [7, 11) is 1.63. The SMILES string of the molecule is COc1ccc2oc(C(=O)N3CCN(c4ccc(Cl)cc4)CC3)c(C)c2c1. The van der Waals surface area contributed by atoms with Crippen molar-refractivity contribution in [2.75, 3.05) is 38.2 Å².